The quantitative estimate of drug-likeness (QED) is 0.589. The third kappa shape index (κ3) is 4.69. The topological polar surface area (TPSA) is 75.7 Å². The lowest BCUT2D eigenvalue weighted by molar-refractivity contribution is 0.0989. The van der Waals surface area contributed by atoms with Gasteiger partial charge in [-0.25, -0.2) is 13.1 Å². The molecule has 32 heavy (non-hydrogen) atoms. The number of carbonyl (C=O) groups is 1. The van der Waals surface area contributed by atoms with Gasteiger partial charge >= 0.3 is 0 Å². The number of nitrogens with one attached hydrogen (secondary N) is 1. The van der Waals surface area contributed by atoms with Crippen molar-refractivity contribution in [3.8, 4) is 5.75 Å². The summed E-state index contributed by atoms with van der Waals surface area (Å²) in [6.45, 7) is 5.13. The number of fused-ring (bicyclic) bond motifs is 1. The minimum atomic E-state index is -3.67. The van der Waals surface area contributed by atoms with E-state index in [1.54, 1.807) is 17.0 Å². The van der Waals surface area contributed by atoms with Crippen LogP contribution in [-0.2, 0) is 23.0 Å². The molecular formula is C25H26N2O4S. The molecule has 0 aliphatic carbocycles. The minimum absolute atomic E-state index is 0.0455. The van der Waals surface area contributed by atoms with E-state index in [2.05, 4.69) is 4.72 Å². The average Bonchev–Trinajstić information content (AvgIpc) is 3.22. The zero-order chi connectivity index (χ0) is 22.7. The third-order valence-electron chi connectivity index (χ3n) is 5.50. The normalized spacial score (nSPS) is 13.1. The summed E-state index contributed by atoms with van der Waals surface area (Å²) >= 11 is 0. The van der Waals surface area contributed by atoms with E-state index in [9.17, 15) is 13.2 Å². The van der Waals surface area contributed by atoms with E-state index in [0.717, 1.165) is 28.8 Å². The van der Waals surface area contributed by atoms with Crippen molar-refractivity contribution in [3.63, 3.8) is 0 Å². The van der Waals surface area contributed by atoms with E-state index in [1.807, 2.05) is 56.3 Å². The van der Waals surface area contributed by atoms with Crippen molar-refractivity contribution in [2.24, 2.45) is 0 Å². The molecule has 0 saturated heterocycles. The number of hydrogen-bond acceptors (Lipinski definition) is 4. The van der Waals surface area contributed by atoms with E-state index in [-0.39, 0.29) is 17.3 Å². The van der Waals surface area contributed by atoms with Crippen LogP contribution in [0.1, 0.15) is 34.0 Å². The van der Waals surface area contributed by atoms with Crippen molar-refractivity contribution in [1.82, 2.24) is 4.72 Å². The summed E-state index contributed by atoms with van der Waals surface area (Å²) in [7, 11) is -3.67. The number of rotatable bonds is 7. The van der Waals surface area contributed by atoms with Gasteiger partial charge in [-0.15, -0.1) is 0 Å². The summed E-state index contributed by atoms with van der Waals surface area (Å²) in [5, 5.41) is 0. The lowest BCUT2D eigenvalue weighted by Crippen LogP contribution is -2.29. The molecule has 0 fully saturated rings. The molecule has 4 rings (SSSR count). The maximum atomic E-state index is 13.0. The summed E-state index contributed by atoms with van der Waals surface area (Å²) in [6.07, 6.45) is 0.783. The standard InChI is InChI=1S/C25H26N2O4S/c1-3-31-22-10-12-23(13-11-22)32(29,30)26-17-19-6-9-20-14-15-27(24(20)16-19)25(28)21-7-4-18(2)5-8-21/h4-13,16,26H,3,14-15,17H2,1-2H3. The Bertz CT molecular complexity index is 1220. The lowest BCUT2D eigenvalue weighted by atomic mass is 10.1. The predicted molar refractivity (Wildman–Crippen MR) is 125 cm³/mol. The van der Waals surface area contributed by atoms with Gasteiger partial charge in [0.25, 0.3) is 5.91 Å². The van der Waals surface area contributed by atoms with Crippen LogP contribution in [0.25, 0.3) is 0 Å². The van der Waals surface area contributed by atoms with Crippen molar-refractivity contribution in [2.75, 3.05) is 18.1 Å². The van der Waals surface area contributed by atoms with Gasteiger partial charge in [-0.05, 0) is 73.9 Å². The maximum Gasteiger partial charge on any atom is 0.258 e. The Morgan fingerprint density at radius 3 is 2.44 bits per heavy atom. The fourth-order valence-corrected chi connectivity index (χ4v) is 4.76. The summed E-state index contributed by atoms with van der Waals surface area (Å²) in [5.74, 6) is 0.583. The molecular weight excluding hydrogens is 424 g/mol. The number of sulfonamides is 1. The molecule has 6 nitrogen and oxygen atoms in total. The zero-order valence-corrected chi connectivity index (χ0v) is 19.0. The zero-order valence-electron chi connectivity index (χ0n) is 18.2. The summed E-state index contributed by atoms with van der Waals surface area (Å²) in [4.78, 5) is 15.0. The second kappa shape index (κ2) is 9.14. The van der Waals surface area contributed by atoms with Gasteiger partial charge in [0.2, 0.25) is 10.0 Å². The van der Waals surface area contributed by atoms with Crippen molar-refractivity contribution in [1.29, 1.82) is 0 Å². The molecule has 3 aromatic carbocycles. The van der Waals surface area contributed by atoms with Crippen LogP contribution in [-0.4, -0.2) is 27.5 Å². The first-order valence-corrected chi connectivity index (χ1v) is 12.1. The third-order valence-corrected chi connectivity index (χ3v) is 6.92. The number of benzene rings is 3. The number of amides is 1. The molecule has 0 atom stereocenters. The molecule has 0 spiro atoms. The molecule has 1 amide bonds. The number of carbonyl (C=O) groups excluding carboxylic acids is 1. The van der Waals surface area contributed by atoms with Crippen LogP contribution < -0.4 is 14.4 Å². The molecule has 1 heterocycles. The van der Waals surface area contributed by atoms with Crippen LogP contribution in [0.5, 0.6) is 5.75 Å². The van der Waals surface area contributed by atoms with Crippen molar-refractivity contribution in [3.05, 3.63) is 89.0 Å². The number of ether oxygens (including phenoxy) is 1. The number of aryl methyl sites for hydroxylation is 1. The van der Waals surface area contributed by atoms with Crippen LogP contribution in [0.4, 0.5) is 5.69 Å². The Kier molecular flexibility index (Phi) is 6.30. The van der Waals surface area contributed by atoms with Crippen molar-refractivity contribution >= 4 is 21.6 Å². The average molecular weight is 451 g/mol. The summed E-state index contributed by atoms with van der Waals surface area (Å²) < 4.78 is 33.4. The molecule has 7 heteroatoms. The Hall–Kier alpha value is -3.16. The Morgan fingerprint density at radius 2 is 1.75 bits per heavy atom. The lowest BCUT2D eigenvalue weighted by Gasteiger charge is -2.18. The molecule has 1 N–H and O–H groups in total. The van der Waals surface area contributed by atoms with Crippen molar-refractivity contribution < 1.29 is 17.9 Å². The van der Waals surface area contributed by atoms with Gasteiger partial charge in [0.05, 0.1) is 11.5 Å². The molecule has 1 aliphatic rings. The first-order chi connectivity index (χ1) is 15.4. The van der Waals surface area contributed by atoms with Crippen LogP contribution >= 0.6 is 0 Å². The Morgan fingerprint density at radius 1 is 1.03 bits per heavy atom. The summed E-state index contributed by atoms with van der Waals surface area (Å²) in [6, 6.07) is 19.6. The van der Waals surface area contributed by atoms with Crippen molar-refractivity contribution in [2.45, 2.75) is 31.7 Å². The van der Waals surface area contributed by atoms with E-state index < -0.39 is 10.0 Å². The molecule has 1 aliphatic heterocycles. The fraction of sp³-hybridized carbons (Fsp3) is 0.240. The SMILES string of the molecule is CCOc1ccc(S(=O)(=O)NCc2ccc3c(c2)N(C(=O)c2ccc(C)cc2)CC3)cc1. The molecule has 0 unspecified atom stereocenters. The highest BCUT2D eigenvalue weighted by Crippen LogP contribution is 2.30. The summed E-state index contributed by atoms with van der Waals surface area (Å²) in [5.41, 5.74) is 4.47. The number of nitrogens with zero attached hydrogens (tertiary/aromatic N) is 1. The molecule has 0 radical (unpaired) electrons. The number of hydrogen-bond donors (Lipinski definition) is 1. The highest BCUT2D eigenvalue weighted by molar-refractivity contribution is 7.89. The highest BCUT2D eigenvalue weighted by Gasteiger charge is 2.26. The van der Waals surface area contributed by atoms with E-state index in [4.69, 9.17) is 4.74 Å². The molecule has 3 aromatic rings. The van der Waals surface area contributed by atoms with Gasteiger partial charge < -0.3 is 9.64 Å². The first-order valence-electron chi connectivity index (χ1n) is 10.6. The second-order valence-corrected chi connectivity index (χ2v) is 9.53. The van der Waals surface area contributed by atoms with Crippen LogP contribution in [0.2, 0.25) is 0 Å². The smallest absolute Gasteiger partial charge is 0.258 e. The fourth-order valence-electron chi connectivity index (χ4n) is 3.74. The van der Waals surface area contributed by atoms with Gasteiger partial charge in [0.15, 0.2) is 0 Å². The van der Waals surface area contributed by atoms with Crippen LogP contribution in [0.15, 0.2) is 71.6 Å². The van der Waals surface area contributed by atoms with Gasteiger partial charge in [-0.3, -0.25) is 4.79 Å². The highest BCUT2D eigenvalue weighted by atomic mass is 32.2. The van der Waals surface area contributed by atoms with E-state index >= 15 is 0 Å². The minimum Gasteiger partial charge on any atom is -0.494 e. The molecule has 166 valence electrons. The van der Waals surface area contributed by atoms with Gasteiger partial charge in [0, 0.05) is 24.3 Å². The monoisotopic (exact) mass is 450 g/mol. The largest absolute Gasteiger partial charge is 0.494 e. The maximum absolute atomic E-state index is 13.0. The van der Waals surface area contributed by atoms with E-state index in [1.165, 1.54) is 12.1 Å². The van der Waals surface area contributed by atoms with E-state index in [0.29, 0.717) is 24.5 Å². The van der Waals surface area contributed by atoms with Gasteiger partial charge in [0.1, 0.15) is 5.75 Å². The Balaban J connectivity index is 1.48. The molecule has 0 bridgehead atoms. The predicted octanol–water partition coefficient (Wildman–Crippen LogP) is 4.08. The first kappa shape index (κ1) is 22.0. The molecule has 0 aromatic heterocycles. The molecule has 0 saturated carbocycles. The van der Waals surface area contributed by atoms with Gasteiger partial charge in [-0.1, -0.05) is 29.8 Å². The number of anilines is 1. The van der Waals surface area contributed by atoms with Crippen LogP contribution in [0, 0.1) is 6.92 Å². The Labute approximate surface area is 188 Å². The second-order valence-electron chi connectivity index (χ2n) is 7.76. The van der Waals surface area contributed by atoms with Crippen LogP contribution in [0.3, 0.4) is 0 Å². The van der Waals surface area contributed by atoms with Gasteiger partial charge in [-0.2, -0.15) is 0 Å².